The van der Waals surface area contributed by atoms with E-state index in [1.807, 2.05) is 6.20 Å². The van der Waals surface area contributed by atoms with E-state index in [1.54, 1.807) is 4.68 Å². The van der Waals surface area contributed by atoms with Crippen LogP contribution in [0.25, 0.3) is 0 Å². The smallest absolute Gasteiger partial charge is 0.246 e. The molecule has 1 aromatic heterocycles. The predicted octanol–water partition coefficient (Wildman–Crippen LogP) is 2.37. The van der Waals surface area contributed by atoms with Crippen molar-refractivity contribution in [3.8, 4) is 0 Å². The zero-order valence-corrected chi connectivity index (χ0v) is 17.5. The van der Waals surface area contributed by atoms with Crippen molar-refractivity contribution < 1.29 is 19.1 Å². The molecule has 8 heteroatoms. The van der Waals surface area contributed by atoms with Crippen LogP contribution >= 0.6 is 0 Å². The van der Waals surface area contributed by atoms with Crippen molar-refractivity contribution in [2.24, 2.45) is 5.92 Å². The highest BCUT2D eigenvalue weighted by Crippen LogP contribution is 2.05. The third kappa shape index (κ3) is 16.1. The lowest BCUT2D eigenvalue weighted by molar-refractivity contribution is -0.127. The minimum absolute atomic E-state index is 0.0370. The van der Waals surface area contributed by atoms with Gasteiger partial charge in [-0.15, -0.1) is 5.10 Å². The summed E-state index contributed by atoms with van der Waals surface area (Å²) < 4.78 is 12.0. The molecule has 0 saturated heterocycles. The van der Waals surface area contributed by atoms with Crippen molar-refractivity contribution in [2.75, 3.05) is 26.4 Å². The number of nitrogens with one attached hydrogen (secondary N) is 1. The lowest BCUT2D eigenvalue weighted by atomic mass is 10.1. The molecule has 0 aliphatic heterocycles. The van der Waals surface area contributed by atoms with E-state index < -0.39 is 0 Å². The van der Waals surface area contributed by atoms with Gasteiger partial charge in [-0.1, -0.05) is 39.3 Å². The van der Waals surface area contributed by atoms with E-state index >= 15 is 0 Å². The Bertz CT molecular complexity index is 518. The largest absolute Gasteiger partial charge is 0.371 e. The topological polar surface area (TPSA) is 95.3 Å². The Balaban J connectivity index is 0.00000210. The fraction of sp³-hybridized carbons (Fsp3) is 0.789. The van der Waals surface area contributed by atoms with Crippen molar-refractivity contribution in [2.45, 2.75) is 67.0 Å². The molecule has 0 aliphatic carbocycles. The molecule has 1 heterocycles. The molecule has 0 fully saturated rings. The maximum absolute atomic E-state index is 11.6. The summed E-state index contributed by atoms with van der Waals surface area (Å²) >= 11 is 0. The first-order valence-corrected chi connectivity index (χ1v) is 9.69. The molecule has 0 spiro atoms. The minimum Gasteiger partial charge on any atom is -0.371 e. The van der Waals surface area contributed by atoms with Crippen molar-refractivity contribution in [3.05, 3.63) is 11.9 Å². The number of hydrogen-bond acceptors (Lipinski definition) is 6. The first kappa shape index (κ1) is 25.2. The molecule has 1 aromatic rings. The molecule has 0 aliphatic rings. The van der Waals surface area contributed by atoms with Crippen LogP contribution in [0.4, 0.5) is 0 Å². The van der Waals surface area contributed by atoms with E-state index in [1.165, 1.54) is 13.3 Å². The Morgan fingerprint density at radius 3 is 2.41 bits per heavy atom. The fourth-order valence-corrected chi connectivity index (χ4v) is 1.93. The number of amides is 1. The number of nitrogens with zero attached hydrogens (tertiary/aromatic N) is 3. The summed E-state index contributed by atoms with van der Waals surface area (Å²) in [5, 5.41) is 10.8. The highest BCUT2D eigenvalue weighted by Gasteiger charge is 2.05. The van der Waals surface area contributed by atoms with Crippen LogP contribution in [0.1, 0.15) is 59.6 Å². The van der Waals surface area contributed by atoms with Crippen LogP contribution in [0.15, 0.2) is 6.20 Å². The van der Waals surface area contributed by atoms with Gasteiger partial charge in [-0.25, -0.2) is 0 Å². The van der Waals surface area contributed by atoms with Gasteiger partial charge in [0.25, 0.3) is 0 Å². The van der Waals surface area contributed by atoms with Gasteiger partial charge in [-0.3, -0.25) is 14.3 Å². The second-order valence-electron chi connectivity index (χ2n) is 6.80. The van der Waals surface area contributed by atoms with Gasteiger partial charge in [0.05, 0.1) is 26.0 Å². The van der Waals surface area contributed by atoms with Crippen molar-refractivity contribution >= 4 is 11.7 Å². The first-order chi connectivity index (χ1) is 12.9. The monoisotopic (exact) mass is 384 g/mol. The Hall–Kier alpha value is -1.80. The lowest BCUT2D eigenvalue weighted by Gasteiger charge is -2.05. The number of ether oxygens (including phenoxy) is 2. The fourth-order valence-electron chi connectivity index (χ4n) is 1.93. The first-order valence-electron chi connectivity index (χ1n) is 9.69. The quantitative estimate of drug-likeness (QED) is 0.525. The molecule has 1 rings (SSSR count). The standard InChI is InChI=1S/C16H28N4O4.C3H8/c1-13(2)5-4-6-20-10-15(18-19-20)9-17-16(22)12-24-8-7-23-11-14(3)21;1-3-2/h10,13H,4-9,11-12H2,1-3H3,(H,17,22);3H2,1-2H3. The van der Waals surface area contributed by atoms with Gasteiger partial charge in [0.1, 0.15) is 18.9 Å². The summed E-state index contributed by atoms with van der Waals surface area (Å²) in [6.07, 6.45) is 5.31. The second kappa shape index (κ2) is 16.4. The zero-order chi connectivity index (χ0) is 20.5. The number of aryl methyl sites for hydroxylation is 1. The van der Waals surface area contributed by atoms with Crippen LogP contribution in [0.5, 0.6) is 0 Å². The number of rotatable bonds is 13. The number of hydrogen-bond donors (Lipinski definition) is 1. The average Bonchev–Trinajstić information content (AvgIpc) is 3.04. The Kier molecular flexibility index (Phi) is 15.3. The lowest BCUT2D eigenvalue weighted by Crippen LogP contribution is -2.28. The summed E-state index contributed by atoms with van der Waals surface area (Å²) in [4.78, 5) is 22.3. The summed E-state index contributed by atoms with van der Waals surface area (Å²) in [6.45, 7) is 11.8. The van der Waals surface area contributed by atoms with Crippen LogP contribution < -0.4 is 5.32 Å². The highest BCUT2D eigenvalue weighted by molar-refractivity contribution is 5.77. The van der Waals surface area contributed by atoms with E-state index in [9.17, 15) is 9.59 Å². The van der Waals surface area contributed by atoms with E-state index in [4.69, 9.17) is 9.47 Å². The molecular formula is C19H36N4O4. The second-order valence-corrected chi connectivity index (χ2v) is 6.80. The van der Waals surface area contributed by atoms with Gasteiger partial charge in [-0.2, -0.15) is 0 Å². The summed E-state index contributed by atoms with van der Waals surface area (Å²) in [7, 11) is 0. The van der Waals surface area contributed by atoms with Gasteiger partial charge in [0, 0.05) is 6.54 Å². The van der Waals surface area contributed by atoms with Gasteiger partial charge in [0.15, 0.2) is 5.78 Å². The van der Waals surface area contributed by atoms with Gasteiger partial charge in [-0.05, 0) is 25.7 Å². The van der Waals surface area contributed by atoms with E-state index in [2.05, 4.69) is 43.3 Å². The Morgan fingerprint density at radius 1 is 1.19 bits per heavy atom. The number of Topliss-reactive ketones (excluding diaryl/α,β-unsaturated/α-hetero) is 1. The number of aromatic nitrogens is 3. The summed E-state index contributed by atoms with van der Waals surface area (Å²) in [6, 6.07) is 0. The zero-order valence-electron chi connectivity index (χ0n) is 17.5. The molecule has 0 aromatic carbocycles. The van der Waals surface area contributed by atoms with E-state index in [-0.39, 0.29) is 38.1 Å². The number of ketones is 1. The van der Waals surface area contributed by atoms with Crippen molar-refractivity contribution in [1.29, 1.82) is 0 Å². The van der Waals surface area contributed by atoms with Crippen LogP contribution in [0, 0.1) is 5.92 Å². The SMILES string of the molecule is CC(=O)COCCOCC(=O)NCc1cn(CCCC(C)C)nn1.CCC. The summed E-state index contributed by atoms with van der Waals surface area (Å²) in [5.74, 6) is 0.418. The number of carbonyl (C=O) groups is 2. The van der Waals surface area contributed by atoms with Gasteiger partial charge >= 0.3 is 0 Å². The molecular weight excluding hydrogens is 348 g/mol. The van der Waals surface area contributed by atoms with Crippen molar-refractivity contribution in [3.63, 3.8) is 0 Å². The molecule has 1 N–H and O–H groups in total. The molecule has 0 atom stereocenters. The molecule has 0 unspecified atom stereocenters. The maximum Gasteiger partial charge on any atom is 0.246 e. The molecule has 0 saturated carbocycles. The highest BCUT2D eigenvalue weighted by atomic mass is 16.5. The van der Waals surface area contributed by atoms with Crippen LogP contribution in [-0.2, 0) is 32.2 Å². The molecule has 27 heavy (non-hydrogen) atoms. The van der Waals surface area contributed by atoms with E-state index in [0.29, 0.717) is 12.5 Å². The van der Waals surface area contributed by atoms with Crippen molar-refractivity contribution in [1.82, 2.24) is 20.3 Å². The predicted molar refractivity (Wildman–Crippen MR) is 104 cm³/mol. The Labute approximate surface area is 163 Å². The molecule has 1 amide bonds. The Morgan fingerprint density at radius 2 is 1.81 bits per heavy atom. The van der Waals surface area contributed by atoms with Crippen LogP contribution in [-0.4, -0.2) is 53.1 Å². The minimum atomic E-state index is -0.226. The van der Waals surface area contributed by atoms with Gasteiger partial charge < -0.3 is 14.8 Å². The summed E-state index contributed by atoms with van der Waals surface area (Å²) in [5.41, 5.74) is 0.720. The average molecular weight is 385 g/mol. The third-order valence-electron chi connectivity index (χ3n) is 3.13. The molecule has 8 nitrogen and oxygen atoms in total. The normalized spacial score (nSPS) is 10.4. The number of carbonyl (C=O) groups excluding carboxylic acids is 2. The third-order valence-corrected chi connectivity index (χ3v) is 3.13. The van der Waals surface area contributed by atoms with Gasteiger partial charge in [0.2, 0.25) is 5.91 Å². The molecule has 156 valence electrons. The van der Waals surface area contributed by atoms with Crippen LogP contribution in [0.2, 0.25) is 0 Å². The van der Waals surface area contributed by atoms with Crippen LogP contribution in [0.3, 0.4) is 0 Å². The molecule has 0 bridgehead atoms. The molecule has 0 radical (unpaired) electrons. The van der Waals surface area contributed by atoms with E-state index in [0.717, 1.165) is 25.1 Å². The maximum atomic E-state index is 11.6.